The van der Waals surface area contributed by atoms with Gasteiger partial charge in [0.1, 0.15) is 6.04 Å². The molecule has 26 heavy (non-hydrogen) atoms. The number of rotatable bonds is 6. The van der Waals surface area contributed by atoms with Crippen molar-refractivity contribution in [2.45, 2.75) is 40.3 Å². The zero-order valence-electron chi connectivity index (χ0n) is 15.9. The van der Waals surface area contributed by atoms with Crippen LogP contribution in [0.4, 0.5) is 5.69 Å². The molecule has 2 aromatic carbocycles. The molecule has 0 aliphatic heterocycles. The first-order valence-corrected chi connectivity index (χ1v) is 10.3. The minimum atomic E-state index is -3.61. The molecule has 0 radical (unpaired) electrons. The summed E-state index contributed by atoms with van der Waals surface area (Å²) in [5.41, 5.74) is 4.48. The molecule has 1 amide bonds. The Morgan fingerprint density at radius 1 is 1.04 bits per heavy atom. The Morgan fingerprint density at radius 2 is 1.65 bits per heavy atom. The van der Waals surface area contributed by atoms with Crippen LogP contribution in [0.5, 0.6) is 0 Å². The zero-order valence-corrected chi connectivity index (χ0v) is 16.7. The van der Waals surface area contributed by atoms with E-state index in [1.54, 1.807) is 19.1 Å². The summed E-state index contributed by atoms with van der Waals surface area (Å²) in [4.78, 5) is 12.6. The van der Waals surface area contributed by atoms with E-state index in [4.69, 9.17) is 0 Å². The third-order valence-electron chi connectivity index (χ3n) is 4.10. The molecule has 0 aliphatic carbocycles. The van der Waals surface area contributed by atoms with Crippen molar-refractivity contribution in [3.63, 3.8) is 0 Å². The number of benzene rings is 2. The van der Waals surface area contributed by atoms with Gasteiger partial charge in [0.25, 0.3) is 0 Å². The van der Waals surface area contributed by atoms with E-state index in [0.29, 0.717) is 12.2 Å². The predicted octanol–water partition coefficient (Wildman–Crippen LogP) is 3.08. The summed E-state index contributed by atoms with van der Waals surface area (Å²) in [6.07, 6.45) is 1.12. The molecule has 2 rings (SSSR count). The second-order valence-electron chi connectivity index (χ2n) is 6.79. The monoisotopic (exact) mass is 374 g/mol. The molecule has 0 heterocycles. The lowest BCUT2D eigenvalue weighted by Gasteiger charge is -2.28. The van der Waals surface area contributed by atoms with E-state index in [2.05, 4.69) is 5.32 Å². The summed E-state index contributed by atoms with van der Waals surface area (Å²) < 4.78 is 25.9. The molecule has 5 nitrogen and oxygen atoms in total. The van der Waals surface area contributed by atoms with Gasteiger partial charge >= 0.3 is 0 Å². The van der Waals surface area contributed by atoms with Crippen LogP contribution in [0.15, 0.2) is 42.5 Å². The van der Waals surface area contributed by atoms with Gasteiger partial charge in [-0.15, -0.1) is 0 Å². The van der Waals surface area contributed by atoms with Crippen molar-refractivity contribution in [2.24, 2.45) is 0 Å². The molecule has 0 bridgehead atoms. The number of nitrogens with one attached hydrogen (secondary N) is 1. The van der Waals surface area contributed by atoms with Crippen LogP contribution in [-0.4, -0.2) is 26.6 Å². The molecule has 2 aromatic rings. The minimum absolute atomic E-state index is 0.337. The lowest BCUT2D eigenvalue weighted by atomic mass is 10.1. The summed E-state index contributed by atoms with van der Waals surface area (Å²) >= 11 is 0. The average molecular weight is 375 g/mol. The maximum Gasteiger partial charge on any atom is 0.243 e. The first-order chi connectivity index (χ1) is 12.1. The Balaban J connectivity index is 2.23. The van der Waals surface area contributed by atoms with E-state index < -0.39 is 16.1 Å². The van der Waals surface area contributed by atoms with Crippen LogP contribution in [0.1, 0.15) is 29.2 Å². The molecule has 6 heteroatoms. The molecule has 0 unspecified atom stereocenters. The van der Waals surface area contributed by atoms with Gasteiger partial charge in [0.15, 0.2) is 0 Å². The zero-order chi connectivity index (χ0) is 19.5. The van der Waals surface area contributed by atoms with Crippen LogP contribution in [0.3, 0.4) is 0 Å². The van der Waals surface area contributed by atoms with Crippen molar-refractivity contribution in [2.75, 3.05) is 10.6 Å². The van der Waals surface area contributed by atoms with E-state index in [-0.39, 0.29) is 5.91 Å². The second kappa shape index (κ2) is 7.91. The summed E-state index contributed by atoms with van der Waals surface area (Å²) in [6, 6.07) is 12.5. The highest BCUT2D eigenvalue weighted by molar-refractivity contribution is 7.92. The van der Waals surface area contributed by atoms with Crippen LogP contribution in [0.25, 0.3) is 0 Å². The van der Waals surface area contributed by atoms with Gasteiger partial charge in [0, 0.05) is 6.54 Å². The summed E-state index contributed by atoms with van der Waals surface area (Å²) in [6.45, 7) is 7.75. The molecule has 0 aromatic heterocycles. The van der Waals surface area contributed by atoms with E-state index in [1.807, 2.05) is 51.1 Å². The van der Waals surface area contributed by atoms with Gasteiger partial charge in [-0.05, 0) is 56.5 Å². The number of sulfonamides is 1. The van der Waals surface area contributed by atoms with Crippen LogP contribution in [0.2, 0.25) is 0 Å². The quantitative estimate of drug-likeness (QED) is 0.845. The van der Waals surface area contributed by atoms with E-state index >= 15 is 0 Å². The van der Waals surface area contributed by atoms with Crippen LogP contribution in [-0.2, 0) is 21.4 Å². The van der Waals surface area contributed by atoms with E-state index in [0.717, 1.165) is 28.5 Å². The molecule has 0 fully saturated rings. The number of hydrogen-bond acceptors (Lipinski definition) is 3. The van der Waals surface area contributed by atoms with Gasteiger partial charge in [-0.1, -0.05) is 35.9 Å². The van der Waals surface area contributed by atoms with Gasteiger partial charge in [0.05, 0.1) is 11.9 Å². The highest BCUT2D eigenvalue weighted by Gasteiger charge is 2.29. The summed E-state index contributed by atoms with van der Waals surface area (Å²) in [5.74, 6) is -0.337. The third-order valence-corrected chi connectivity index (χ3v) is 5.34. The average Bonchev–Trinajstić information content (AvgIpc) is 2.50. The number of hydrogen-bond donors (Lipinski definition) is 1. The van der Waals surface area contributed by atoms with Crippen molar-refractivity contribution in [1.82, 2.24) is 5.32 Å². The number of carbonyl (C=O) groups excluding carboxylic acids is 1. The third kappa shape index (κ3) is 5.08. The van der Waals surface area contributed by atoms with E-state index in [1.165, 1.54) is 4.31 Å². The number of carbonyl (C=O) groups is 1. The first-order valence-electron chi connectivity index (χ1n) is 8.49. The van der Waals surface area contributed by atoms with Crippen molar-refractivity contribution in [1.29, 1.82) is 0 Å². The topological polar surface area (TPSA) is 66.5 Å². The molecule has 0 spiro atoms. The molecule has 1 N–H and O–H groups in total. The van der Waals surface area contributed by atoms with Gasteiger partial charge in [-0.2, -0.15) is 0 Å². The highest BCUT2D eigenvalue weighted by Crippen LogP contribution is 2.24. The fraction of sp³-hybridized carbons (Fsp3) is 0.350. The summed E-state index contributed by atoms with van der Waals surface area (Å²) in [7, 11) is -3.61. The maximum absolute atomic E-state index is 12.6. The van der Waals surface area contributed by atoms with Gasteiger partial charge in [-0.25, -0.2) is 8.42 Å². The lowest BCUT2D eigenvalue weighted by molar-refractivity contribution is -0.122. The molecule has 0 saturated carbocycles. The van der Waals surface area contributed by atoms with Gasteiger partial charge in [-0.3, -0.25) is 9.10 Å². The minimum Gasteiger partial charge on any atom is -0.350 e. The smallest absolute Gasteiger partial charge is 0.243 e. The van der Waals surface area contributed by atoms with Crippen LogP contribution < -0.4 is 9.62 Å². The number of aryl methyl sites for hydroxylation is 3. The number of anilines is 1. The summed E-state index contributed by atoms with van der Waals surface area (Å²) in [5, 5.41) is 2.83. The highest BCUT2D eigenvalue weighted by atomic mass is 32.2. The molecular formula is C20H26N2O3S. The maximum atomic E-state index is 12.6. The van der Waals surface area contributed by atoms with Crippen molar-refractivity contribution >= 4 is 21.6 Å². The Hall–Kier alpha value is -2.34. The largest absolute Gasteiger partial charge is 0.350 e. The Morgan fingerprint density at radius 3 is 2.19 bits per heavy atom. The predicted molar refractivity (Wildman–Crippen MR) is 106 cm³/mol. The first kappa shape index (κ1) is 20.0. The Kier molecular flexibility index (Phi) is 6.08. The molecule has 140 valence electrons. The van der Waals surface area contributed by atoms with Gasteiger partial charge < -0.3 is 5.32 Å². The number of amides is 1. The normalized spacial score (nSPS) is 12.5. The fourth-order valence-electron chi connectivity index (χ4n) is 3.05. The Bertz CT molecular complexity index is 887. The molecule has 0 saturated heterocycles. The van der Waals surface area contributed by atoms with Crippen LogP contribution >= 0.6 is 0 Å². The molecule has 1 atom stereocenters. The van der Waals surface area contributed by atoms with Crippen molar-refractivity contribution < 1.29 is 13.2 Å². The number of nitrogens with zero attached hydrogens (tertiary/aromatic N) is 1. The SMILES string of the molecule is Cc1cccc(CNC(=O)[C@@H](C)N(c2cc(C)cc(C)c2)S(C)(=O)=O)c1. The van der Waals surface area contributed by atoms with Crippen molar-refractivity contribution in [3.05, 3.63) is 64.7 Å². The van der Waals surface area contributed by atoms with E-state index in [9.17, 15) is 13.2 Å². The second-order valence-corrected chi connectivity index (χ2v) is 8.65. The van der Waals surface area contributed by atoms with Crippen molar-refractivity contribution in [3.8, 4) is 0 Å². The fourth-order valence-corrected chi connectivity index (χ4v) is 4.20. The standard InChI is InChI=1S/C20H26N2O3S/c1-14-7-6-8-18(10-14)13-21-20(23)17(4)22(26(5,24)25)19-11-15(2)9-16(3)12-19/h6-12,17H,13H2,1-5H3,(H,21,23)/t17-/m1/s1. The lowest BCUT2D eigenvalue weighted by Crippen LogP contribution is -2.47. The van der Waals surface area contributed by atoms with Gasteiger partial charge in [0.2, 0.25) is 15.9 Å². The van der Waals surface area contributed by atoms with Crippen LogP contribution in [0, 0.1) is 20.8 Å². The Labute approximate surface area is 156 Å². The molecule has 0 aliphatic rings. The molecular weight excluding hydrogens is 348 g/mol.